The van der Waals surface area contributed by atoms with Gasteiger partial charge >= 0.3 is 0 Å². The molecule has 3 nitrogen and oxygen atoms in total. The van der Waals surface area contributed by atoms with E-state index in [0.717, 1.165) is 0 Å². The van der Waals surface area contributed by atoms with E-state index < -0.39 is 0 Å². The van der Waals surface area contributed by atoms with E-state index in [0.29, 0.717) is 6.54 Å². The van der Waals surface area contributed by atoms with E-state index in [4.69, 9.17) is 5.11 Å². The molecule has 0 bridgehead atoms. The molecule has 0 saturated carbocycles. The Morgan fingerprint density at radius 3 is 2.78 bits per heavy atom. The zero-order valence-electron chi connectivity index (χ0n) is 5.55. The van der Waals surface area contributed by atoms with Crippen LogP contribution in [0.25, 0.3) is 0 Å². The Labute approximate surface area is 54.6 Å². The lowest BCUT2D eigenvalue weighted by Gasteiger charge is -2.10. The van der Waals surface area contributed by atoms with Crippen LogP contribution >= 0.6 is 0 Å². The summed E-state index contributed by atoms with van der Waals surface area (Å²) >= 11 is 0. The molecule has 3 heteroatoms. The largest absolute Gasteiger partial charge is 0.444 e. The average molecular weight is 130 g/mol. The molecule has 0 saturated heterocycles. The Balaban J connectivity index is 3.58. The zero-order chi connectivity index (χ0) is 7.28. The van der Waals surface area contributed by atoms with Crippen molar-refractivity contribution in [3.05, 3.63) is 12.7 Å². The molecule has 0 aliphatic rings. The molecule has 52 valence electrons. The minimum absolute atomic E-state index is 0.123. The first-order valence-electron chi connectivity index (χ1n) is 2.74. The summed E-state index contributed by atoms with van der Waals surface area (Å²) in [5.41, 5.74) is 0. The summed E-state index contributed by atoms with van der Waals surface area (Å²) in [6, 6.07) is 0. The summed E-state index contributed by atoms with van der Waals surface area (Å²) in [5.74, 6) is -0.123. The van der Waals surface area contributed by atoms with Crippen molar-refractivity contribution in [2.75, 3.05) is 20.2 Å². The van der Waals surface area contributed by atoms with E-state index in [1.807, 2.05) is 0 Å². The number of nitrogens with zero attached hydrogens (tertiary/aromatic N) is 1. The molecular weight excluding hydrogens is 118 g/mol. The standard InChI is InChI=1S/C6H11NO2/c1-3-6(9)7(2)4-5-8/h3,8H,1,4-5H2,2H3/p+1. The lowest BCUT2D eigenvalue weighted by Crippen LogP contribution is -2.27. The Morgan fingerprint density at radius 1 is 1.89 bits per heavy atom. The Bertz CT molecular complexity index is 112. The van der Waals surface area contributed by atoms with Crippen LogP contribution < -0.4 is 0 Å². The lowest BCUT2D eigenvalue weighted by atomic mass is 10.5. The summed E-state index contributed by atoms with van der Waals surface area (Å²) in [4.78, 5) is 12.1. The molecule has 0 aromatic rings. The molecule has 0 radical (unpaired) electrons. The molecule has 0 aliphatic heterocycles. The molecule has 0 aromatic heterocycles. The fourth-order valence-corrected chi connectivity index (χ4v) is 0.434. The van der Waals surface area contributed by atoms with Crippen molar-refractivity contribution in [3.63, 3.8) is 0 Å². The van der Waals surface area contributed by atoms with Gasteiger partial charge in [-0.3, -0.25) is 4.79 Å². The van der Waals surface area contributed by atoms with Gasteiger partial charge in [-0.2, -0.15) is 0 Å². The molecule has 0 rings (SSSR count). The summed E-state index contributed by atoms with van der Waals surface area (Å²) in [7, 11) is 1.65. The van der Waals surface area contributed by atoms with Crippen LogP contribution in [0.2, 0.25) is 0 Å². The van der Waals surface area contributed by atoms with Crippen LogP contribution in [0.4, 0.5) is 0 Å². The van der Waals surface area contributed by atoms with E-state index >= 15 is 0 Å². The summed E-state index contributed by atoms with van der Waals surface area (Å²) in [6.07, 6.45) is 1.25. The van der Waals surface area contributed by atoms with Crippen LogP contribution in [0.15, 0.2) is 12.7 Å². The fourth-order valence-electron chi connectivity index (χ4n) is 0.434. The predicted molar refractivity (Wildman–Crippen MR) is 36.3 cm³/mol. The Morgan fingerprint density at radius 2 is 2.44 bits per heavy atom. The quantitative estimate of drug-likeness (QED) is 0.370. The van der Waals surface area contributed by atoms with Crippen LogP contribution in [0.5, 0.6) is 0 Å². The SMILES string of the molecule is C=CC(=O)N(C)CC[OH2+]. The molecule has 0 heterocycles. The molecule has 0 aliphatic carbocycles. The maximum Gasteiger partial charge on any atom is 0.245 e. The van der Waals surface area contributed by atoms with Crippen molar-refractivity contribution in [2.45, 2.75) is 0 Å². The number of likely N-dealkylation sites (N-methyl/N-ethyl adjacent to an activating group) is 1. The monoisotopic (exact) mass is 130 g/mol. The normalized spacial score (nSPS) is 8.67. The van der Waals surface area contributed by atoms with Gasteiger partial charge in [0, 0.05) is 7.05 Å². The fraction of sp³-hybridized carbons (Fsp3) is 0.500. The molecule has 9 heavy (non-hydrogen) atoms. The predicted octanol–water partition coefficient (Wildman–Crippen LogP) is -0.645. The van der Waals surface area contributed by atoms with Crippen molar-refractivity contribution in [1.29, 1.82) is 0 Å². The number of hydrogen-bond acceptors (Lipinski definition) is 1. The third kappa shape index (κ3) is 2.87. The second-order valence-corrected chi connectivity index (χ2v) is 1.71. The summed E-state index contributed by atoms with van der Waals surface area (Å²) in [6.45, 7) is 4.03. The molecular formula is C6H12NO2+. The van der Waals surface area contributed by atoms with E-state index in [1.165, 1.54) is 11.0 Å². The van der Waals surface area contributed by atoms with Gasteiger partial charge in [0.25, 0.3) is 0 Å². The van der Waals surface area contributed by atoms with Crippen LogP contribution in [-0.4, -0.2) is 36.1 Å². The second-order valence-electron chi connectivity index (χ2n) is 1.71. The van der Waals surface area contributed by atoms with Crippen LogP contribution in [0.3, 0.4) is 0 Å². The molecule has 0 spiro atoms. The first-order valence-corrected chi connectivity index (χ1v) is 2.74. The van der Waals surface area contributed by atoms with E-state index in [-0.39, 0.29) is 12.5 Å². The number of carbonyl (C=O) groups excluding carboxylic acids is 1. The van der Waals surface area contributed by atoms with Crippen LogP contribution in [0, 0.1) is 0 Å². The molecule has 0 aromatic carbocycles. The smallest absolute Gasteiger partial charge is 0.245 e. The number of amides is 1. The third-order valence-electron chi connectivity index (χ3n) is 0.998. The molecule has 0 fully saturated rings. The van der Waals surface area contributed by atoms with Gasteiger partial charge in [-0.25, -0.2) is 0 Å². The van der Waals surface area contributed by atoms with Gasteiger partial charge in [0.1, 0.15) is 0 Å². The van der Waals surface area contributed by atoms with Gasteiger partial charge in [-0.05, 0) is 6.08 Å². The van der Waals surface area contributed by atoms with Gasteiger partial charge in [0.2, 0.25) is 5.91 Å². The minimum Gasteiger partial charge on any atom is -0.444 e. The minimum atomic E-state index is -0.123. The Hall–Kier alpha value is -0.830. The second kappa shape index (κ2) is 4.09. The van der Waals surface area contributed by atoms with Crippen LogP contribution in [0.1, 0.15) is 0 Å². The van der Waals surface area contributed by atoms with Gasteiger partial charge in [0.05, 0.1) is 6.54 Å². The van der Waals surface area contributed by atoms with Crippen molar-refractivity contribution < 1.29 is 9.90 Å². The van der Waals surface area contributed by atoms with Crippen molar-refractivity contribution >= 4 is 5.91 Å². The average Bonchev–Trinajstić information content (AvgIpc) is 1.87. The first-order chi connectivity index (χ1) is 4.22. The first kappa shape index (κ1) is 8.17. The van der Waals surface area contributed by atoms with E-state index in [1.54, 1.807) is 7.05 Å². The molecule has 0 atom stereocenters. The number of carbonyl (C=O) groups is 1. The third-order valence-corrected chi connectivity index (χ3v) is 0.998. The maximum atomic E-state index is 10.6. The van der Waals surface area contributed by atoms with Gasteiger partial charge in [0.15, 0.2) is 6.61 Å². The van der Waals surface area contributed by atoms with E-state index in [2.05, 4.69) is 6.58 Å². The molecule has 1 amide bonds. The summed E-state index contributed by atoms with van der Waals surface area (Å²) in [5, 5.41) is 6.77. The Kier molecular flexibility index (Phi) is 3.71. The topological polar surface area (TPSA) is 43.2 Å². The maximum absolute atomic E-state index is 10.6. The highest BCUT2D eigenvalue weighted by atomic mass is 16.3. The highest BCUT2D eigenvalue weighted by Crippen LogP contribution is 1.82. The molecule has 0 unspecified atom stereocenters. The number of rotatable bonds is 3. The van der Waals surface area contributed by atoms with Crippen molar-refractivity contribution in [1.82, 2.24) is 4.90 Å². The zero-order valence-corrected chi connectivity index (χ0v) is 5.55. The molecule has 2 N–H and O–H groups in total. The lowest BCUT2D eigenvalue weighted by molar-refractivity contribution is -0.125. The van der Waals surface area contributed by atoms with Gasteiger partial charge in [-0.1, -0.05) is 6.58 Å². The number of hydrogen-bond donors (Lipinski definition) is 0. The van der Waals surface area contributed by atoms with Gasteiger partial charge < -0.3 is 10.0 Å². The van der Waals surface area contributed by atoms with Crippen molar-refractivity contribution in [2.24, 2.45) is 0 Å². The van der Waals surface area contributed by atoms with Crippen LogP contribution in [-0.2, 0) is 4.79 Å². The highest BCUT2D eigenvalue weighted by Gasteiger charge is 2.01. The highest BCUT2D eigenvalue weighted by molar-refractivity contribution is 5.86. The summed E-state index contributed by atoms with van der Waals surface area (Å²) < 4.78 is 0. The van der Waals surface area contributed by atoms with Crippen molar-refractivity contribution in [3.8, 4) is 0 Å². The van der Waals surface area contributed by atoms with E-state index in [9.17, 15) is 4.79 Å². The van der Waals surface area contributed by atoms with Gasteiger partial charge in [-0.15, -0.1) is 0 Å².